The Bertz CT molecular complexity index is 318. The van der Waals surface area contributed by atoms with Crippen LogP contribution in [0.1, 0.15) is 41.5 Å². The van der Waals surface area contributed by atoms with E-state index in [0.717, 1.165) is 0 Å². The lowest BCUT2D eigenvalue weighted by molar-refractivity contribution is 0.0226. The highest BCUT2D eigenvalue weighted by Crippen LogP contribution is 2.36. The molecule has 0 aliphatic carbocycles. The van der Waals surface area contributed by atoms with Gasteiger partial charge in [-0.25, -0.2) is 4.79 Å². The zero-order valence-electron chi connectivity index (χ0n) is 14.2. The molecule has 0 radical (unpaired) electrons. The second-order valence-corrected chi connectivity index (χ2v) is 12.5. The Hall–Kier alpha value is -0.593. The summed E-state index contributed by atoms with van der Waals surface area (Å²) in [6.07, 6.45) is -1.16. The van der Waals surface area contributed by atoms with Crippen molar-refractivity contribution in [1.29, 1.82) is 0 Å². The van der Waals surface area contributed by atoms with Gasteiger partial charge in [0, 0.05) is 5.54 Å². The minimum atomic E-state index is -1.90. The molecule has 0 aliphatic rings. The first-order valence-corrected chi connectivity index (χ1v) is 9.93. The molecule has 0 aromatic heterocycles. The highest BCUT2D eigenvalue weighted by molar-refractivity contribution is 6.74. The van der Waals surface area contributed by atoms with Gasteiger partial charge in [-0.3, -0.25) is 0 Å². The van der Waals surface area contributed by atoms with Gasteiger partial charge in [-0.05, 0) is 38.9 Å². The Labute approximate surface area is 124 Å². The molecule has 6 heteroatoms. The maximum atomic E-state index is 11.7. The second-order valence-electron chi connectivity index (χ2n) is 7.66. The number of ether oxygens (including phenoxy) is 1. The first kappa shape index (κ1) is 19.4. The van der Waals surface area contributed by atoms with Crippen molar-refractivity contribution in [3.63, 3.8) is 0 Å². The highest BCUT2D eigenvalue weighted by Gasteiger charge is 2.37. The van der Waals surface area contributed by atoms with Gasteiger partial charge in [-0.2, -0.15) is 0 Å². The molecule has 120 valence electrons. The lowest BCUT2D eigenvalue weighted by Crippen LogP contribution is -2.46. The van der Waals surface area contributed by atoms with Crippen molar-refractivity contribution >= 4 is 14.4 Å². The van der Waals surface area contributed by atoms with E-state index in [1.165, 1.54) is 0 Å². The summed E-state index contributed by atoms with van der Waals surface area (Å²) < 4.78 is 11.1. The van der Waals surface area contributed by atoms with Gasteiger partial charge in [0.15, 0.2) is 8.32 Å². The van der Waals surface area contributed by atoms with Crippen molar-refractivity contribution in [2.24, 2.45) is 0 Å². The molecule has 0 bridgehead atoms. The van der Waals surface area contributed by atoms with Crippen LogP contribution in [0.3, 0.4) is 0 Å². The Kier molecular flexibility index (Phi) is 6.71. The van der Waals surface area contributed by atoms with Gasteiger partial charge in [0.05, 0.1) is 13.2 Å². The molecule has 1 amide bonds. The van der Waals surface area contributed by atoms with E-state index in [1.54, 1.807) is 0 Å². The van der Waals surface area contributed by atoms with Crippen LogP contribution in [0, 0.1) is 0 Å². The van der Waals surface area contributed by atoms with Crippen molar-refractivity contribution in [3.05, 3.63) is 0 Å². The van der Waals surface area contributed by atoms with E-state index in [0.29, 0.717) is 0 Å². The molecule has 0 unspecified atom stereocenters. The van der Waals surface area contributed by atoms with Crippen LogP contribution in [0.2, 0.25) is 18.1 Å². The number of alkyl carbamates (subject to hydrolysis) is 1. The lowest BCUT2D eigenvalue weighted by atomic mass is 10.1. The fourth-order valence-electron chi connectivity index (χ4n) is 1.13. The van der Waals surface area contributed by atoms with Gasteiger partial charge in [0.1, 0.15) is 6.10 Å². The SMILES string of the molecule is CC(C)(C)NC(=O)O[C@H](CO)CO[Si](C)(C)C(C)(C)C. The van der Waals surface area contributed by atoms with Crippen molar-refractivity contribution in [3.8, 4) is 0 Å². The maximum absolute atomic E-state index is 11.7. The third kappa shape index (κ3) is 7.26. The molecular weight excluding hydrogens is 274 g/mol. The van der Waals surface area contributed by atoms with Crippen molar-refractivity contribution in [2.45, 2.75) is 71.3 Å². The molecule has 0 aliphatic heterocycles. The van der Waals surface area contributed by atoms with Gasteiger partial charge in [-0.1, -0.05) is 20.8 Å². The molecule has 1 atom stereocenters. The summed E-state index contributed by atoms with van der Waals surface area (Å²) in [5, 5.41) is 12.1. The first-order valence-electron chi connectivity index (χ1n) is 7.02. The number of amides is 1. The summed E-state index contributed by atoms with van der Waals surface area (Å²) in [5.41, 5.74) is -0.364. The predicted octanol–water partition coefficient (Wildman–Crippen LogP) is 2.89. The first-order chi connectivity index (χ1) is 8.78. The summed E-state index contributed by atoms with van der Waals surface area (Å²) >= 11 is 0. The molecule has 0 rings (SSSR count). The molecule has 0 aromatic rings. The van der Waals surface area contributed by atoms with Gasteiger partial charge in [0.2, 0.25) is 0 Å². The standard InChI is InChI=1S/C14H31NO4Si/c1-13(2,3)15-12(17)19-11(9-16)10-18-20(7,8)14(4,5)6/h11,16H,9-10H2,1-8H3,(H,15,17)/t11-/m1/s1. The van der Waals surface area contributed by atoms with Crippen molar-refractivity contribution in [1.82, 2.24) is 5.32 Å². The molecule has 2 N–H and O–H groups in total. The van der Waals surface area contributed by atoms with E-state index in [4.69, 9.17) is 9.16 Å². The molecule has 0 fully saturated rings. The molecule has 0 heterocycles. The summed E-state index contributed by atoms with van der Waals surface area (Å²) in [6.45, 7) is 16.3. The summed E-state index contributed by atoms with van der Waals surface area (Å²) in [6, 6.07) is 0. The number of aliphatic hydroxyl groups is 1. The van der Waals surface area contributed by atoms with Crippen LogP contribution >= 0.6 is 0 Å². The predicted molar refractivity (Wildman–Crippen MR) is 83.4 cm³/mol. The van der Waals surface area contributed by atoms with Crippen LogP contribution in [0.15, 0.2) is 0 Å². The Morgan fingerprint density at radius 1 is 1.20 bits per heavy atom. The molecule has 20 heavy (non-hydrogen) atoms. The number of carbonyl (C=O) groups excluding carboxylic acids is 1. The van der Waals surface area contributed by atoms with Crippen LogP contribution in [0.5, 0.6) is 0 Å². The van der Waals surface area contributed by atoms with E-state index in [2.05, 4.69) is 39.2 Å². The molecule has 5 nitrogen and oxygen atoms in total. The smallest absolute Gasteiger partial charge is 0.407 e. The maximum Gasteiger partial charge on any atom is 0.407 e. The third-order valence-corrected chi connectivity index (χ3v) is 7.89. The topological polar surface area (TPSA) is 67.8 Å². The molecule has 0 spiro atoms. The molecule has 0 aromatic carbocycles. The fourth-order valence-corrected chi connectivity index (χ4v) is 2.16. The summed E-state index contributed by atoms with van der Waals surface area (Å²) in [7, 11) is -1.90. The Morgan fingerprint density at radius 3 is 2.05 bits per heavy atom. The van der Waals surface area contributed by atoms with E-state index in [9.17, 15) is 9.90 Å². The van der Waals surface area contributed by atoms with E-state index >= 15 is 0 Å². The van der Waals surface area contributed by atoms with E-state index < -0.39 is 20.5 Å². The van der Waals surface area contributed by atoms with Gasteiger partial charge < -0.3 is 19.6 Å². The minimum absolute atomic E-state index is 0.0840. The third-order valence-electron chi connectivity index (χ3n) is 3.39. The number of rotatable bonds is 5. The quantitative estimate of drug-likeness (QED) is 0.766. The van der Waals surface area contributed by atoms with Crippen molar-refractivity contribution in [2.75, 3.05) is 13.2 Å². The largest absolute Gasteiger partial charge is 0.441 e. The summed E-state index contributed by atoms with van der Waals surface area (Å²) in [5.74, 6) is 0. The van der Waals surface area contributed by atoms with Crippen LogP contribution in [0.25, 0.3) is 0 Å². The number of nitrogens with one attached hydrogen (secondary N) is 1. The molecular formula is C14H31NO4Si. The summed E-state index contributed by atoms with van der Waals surface area (Å²) in [4.78, 5) is 11.7. The zero-order chi connectivity index (χ0) is 16.2. The normalized spacial score (nSPS) is 14.8. The molecule has 0 saturated heterocycles. The van der Waals surface area contributed by atoms with E-state index in [1.807, 2.05) is 20.8 Å². The number of carbonyl (C=O) groups is 1. The average Bonchev–Trinajstić information content (AvgIpc) is 2.19. The van der Waals surface area contributed by atoms with Crippen molar-refractivity contribution < 1.29 is 19.1 Å². The second kappa shape index (κ2) is 6.91. The van der Waals surface area contributed by atoms with E-state index in [-0.39, 0.29) is 23.8 Å². The van der Waals surface area contributed by atoms with Crippen LogP contribution < -0.4 is 5.32 Å². The van der Waals surface area contributed by atoms with Gasteiger partial charge >= 0.3 is 6.09 Å². The lowest BCUT2D eigenvalue weighted by Gasteiger charge is -2.37. The minimum Gasteiger partial charge on any atom is -0.441 e. The van der Waals surface area contributed by atoms with Gasteiger partial charge in [-0.15, -0.1) is 0 Å². The average molecular weight is 305 g/mol. The highest BCUT2D eigenvalue weighted by atomic mass is 28.4. The van der Waals surface area contributed by atoms with Gasteiger partial charge in [0.25, 0.3) is 0 Å². The fraction of sp³-hybridized carbons (Fsp3) is 0.929. The van der Waals surface area contributed by atoms with Crippen LogP contribution in [0.4, 0.5) is 4.79 Å². The number of hydrogen-bond acceptors (Lipinski definition) is 4. The van der Waals surface area contributed by atoms with Crippen LogP contribution in [-0.2, 0) is 9.16 Å². The zero-order valence-corrected chi connectivity index (χ0v) is 15.2. The number of hydrogen-bond donors (Lipinski definition) is 2. The Balaban J connectivity index is 4.41. The molecule has 0 saturated carbocycles. The van der Waals surface area contributed by atoms with Crippen LogP contribution in [-0.4, -0.2) is 44.4 Å². The Morgan fingerprint density at radius 2 is 1.70 bits per heavy atom. The monoisotopic (exact) mass is 305 g/mol. The number of aliphatic hydroxyl groups excluding tert-OH is 1.